The molecule has 0 aliphatic heterocycles. The van der Waals surface area contributed by atoms with Crippen LogP contribution in [-0.4, -0.2) is 18.6 Å². The minimum atomic E-state index is -0.432. The van der Waals surface area contributed by atoms with Crippen molar-refractivity contribution in [3.05, 3.63) is 62.7 Å². The van der Waals surface area contributed by atoms with Gasteiger partial charge in [-0.05, 0) is 43.3 Å². The third-order valence-electron chi connectivity index (χ3n) is 3.32. The standard InChI is InChI=1S/C17H19ClN2O4/c1-3-23-16-8-13(10-19-2)15(18)9-17(16)24-11-12-4-6-14(7-5-12)20(21)22/h4-9,19H,3,10-11H2,1-2H3. The van der Waals surface area contributed by atoms with E-state index >= 15 is 0 Å². The van der Waals surface area contributed by atoms with Crippen LogP contribution in [0.15, 0.2) is 36.4 Å². The van der Waals surface area contributed by atoms with E-state index in [0.29, 0.717) is 29.7 Å². The van der Waals surface area contributed by atoms with Crippen molar-refractivity contribution in [1.82, 2.24) is 5.32 Å². The number of hydrogen-bond donors (Lipinski definition) is 1. The number of rotatable bonds is 8. The summed E-state index contributed by atoms with van der Waals surface area (Å²) >= 11 is 6.27. The summed E-state index contributed by atoms with van der Waals surface area (Å²) in [5, 5.41) is 14.3. The fourth-order valence-corrected chi connectivity index (χ4v) is 2.38. The van der Waals surface area contributed by atoms with Gasteiger partial charge in [0.05, 0.1) is 11.5 Å². The first kappa shape index (κ1) is 18.0. The summed E-state index contributed by atoms with van der Waals surface area (Å²) in [6, 6.07) is 9.80. The monoisotopic (exact) mass is 350 g/mol. The average molecular weight is 351 g/mol. The van der Waals surface area contributed by atoms with Crippen molar-refractivity contribution in [2.24, 2.45) is 0 Å². The topological polar surface area (TPSA) is 73.6 Å². The minimum Gasteiger partial charge on any atom is -0.490 e. The number of non-ortho nitro benzene ring substituents is 1. The van der Waals surface area contributed by atoms with Gasteiger partial charge in [0, 0.05) is 29.8 Å². The Balaban J connectivity index is 2.15. The molecule has 2 aromatic carbocycles. The van der Waals surface area contributed by atoms with Gasteiger partial charge in [-0.2, -0.15) is 0 Å². The van der Waals surface area contributed by atoms with Crippen LogP contribution in [0.1, 0.15) is 18.1 Å². The van der Waals surface area contributed by atoms with Gasteiger partial charge in [0.1, 0.15) is 6.61 Å². The zero-order valence-corrected chi connectivity index (χ0v) is 14.3. The number of nitrogens with zero attached hydrogens (tertiary/aromatic N) is 1. The molecule has 0 saturated heterocycles. The molecule has 0 heterocycles. The summed E-state index contributed by atoms with van der Waals surface area (Å²) in [5.41, 5.74) is 1.79. The van der Waals surface area contributed by atoms with Crippen LogP contribution < -0.4 is 14.8 Å². The van der Waals surface area contributed by atoms with Gasteiger partial charge in [0.2, 0.25) is 0 Å². The lowest BCUT2D eigenvalue weighted by Gasteiger charge is -2.15. The van der Waals surface area contributed by atoms with Crippen molar-refractivity contribution < 1.29 is 14.4 Å². The zero-order valence-electron chi connectivity index (χ0n) is 13.5. The maximum atomic E-state index is 10.7. The second-order valence-corrected chi connectivity index (χ2v) is 5.47. The van der Waals surface area contributed by atoms with Gasteiger partial charge in [0.15, 0.2) is 11.5 Å². The second-order valence-electron chi connectivity index (χ2n) is 5.07. The van der Waals surface area contributed by atoms with E-state index in [1.165, 1.54) is 12.1 Å². The van der Waals surface area contributed by atoms with Gasteiger partial charge in [-0.1, -0.05) is 11.6 Å². The van der Waals surface area contributed by atoms with Crippen LogP contribution in [-0.2, 0) is 13.2 Å². The van der Waals surface area contributed by atoms with E-state index in [2.05, 4.69) is 5.32 Å². The molecule has 128 valence electrons. The number of nitro benzene ring substituents is 1. The van der Waals surface area contributed by atoms with E-state index in [0.717, 1.165) is 11.1 Å². The fourth-order valence-electron chi connectivity index (χ4n) is 2.16. The van der Waals surface area contributed by atoms with E-state index in [1.54, 1.807) is 18.2 Å². The third kappa shape index (κ3) is 4.59. The Kier molecular flexibility index (Phi) is 6.40. The SMILES string of the molecule is CCOc1cc(CNC)c(Cl)cc1OCc1ccc([N+](=O)[O-])cc1. The molecule has 2 rings (SSSR count). The van der Waals surface area contributed by atoms with E-state index in [4.69, 9.17) is 21.1 Å². The van der Waals surface area contributed by atoms with Crippen LogP contribution >= 0.6 is 11.6 Å². The quantitative estimate of drug-likeness (QED) is 0.576. The Bertz CT molecular complexity index is 704. The molecule has 0 aliphatic carbocycles. The van der Waals surface area contributed by atoms with Crippen LogP contribution in [0.4, 0.5) is 5.69 Å². The molecule has 0 aromatic heterocycles. The lowest BCUT2D eigenvalue weighted by atomic mass is 10.2. The Morgan fingerprint density at radius 2 is 1.83 bits per heavy atom. The largest absolute Gasteiger partial charge is 0.490 e. The predicted octanol–water partition coefficient (Wildman–Crippen LogP) is 3.95. The van der Waals surface area contributed by atoms with Crippen LogP contribution in [0.2, 0.25) is 5.02 Å². The Hall–Kier alpha value is -2.31. The number of hydrogen-bond acceptors (Lipinski definition) is 5. The van der Waals surface area contributed by atoms with Crippen molar-refractivity contribution in [2.45, 2.75) is 20.1 Å². The maximum Gasteiger partial charge on any atom is 0.269 e. The van der Waals surface area contributed by atoms with Crippen LogP contribution in [0.3, 0.4) is 0 Å². The first-order valence-electron chi connectivity index (χ1n) is 7.51. The highest BCUT2D eigenvalue weighted by molar-refractivity contribution is 6.31. The van der Waals surface area contributed by atoms with Crippen molar-refractivity contribution in [1.29, 1.82) is 0 Å². The first-order valence-corrected chi connectivity index (χ1v) is 7.89. The fraction of sp³-hybridized carbons (Fsp3) is 0.294. The predicted molar refractivity (Wildman–Crippen MR) is 92.8 cm³/mol. The summed E-state index contributed by atoms with van der Waals surface area (Å²) in [5.74, 6) is 1.16. The van der Waals surface area contributed by atoms with Gasteiger partial charge in [-0.25, -0.2) is 0 Å². The van der Waals surface area contributed by atoms with Gasteiger partial charge in [-0.15, -0.1) is 0 Å². The highest BCUT2D eigenvalue weighted by atomic mass is 35.5. The van der Waals surface area contributed by atoms with Crippen molar-refractivity contribution >= 4 is 17.3 Å². The van der Waals surface area contributed by atoms with E-state index in [1.807, 2.05) is 20.0 Å². The van der Waals surface area contributed by atoms with Gasteiger partial charge in [0.25, 0.3) is 5.69 Å². The Morgan fingerprint density at radius 3 is 2.42 bits per heavy atom. The van der Waals surface area contributed by atoms with Gasteiger partial charge < -0.3 is 14.8 Å². The molecule has 0 fully saturated rings. The number of halogens is 1. The van der Waals surface area contributed by atoms with Crippen molar-refractivity contribution in [3.8, 4) is 11.5 Å². The number of benzene rings is 2. The first-order chi connectivity index (χ1) is 11.5. The molecule has 0 amide bonds. The average Bonchev–Trinajstić information content (AvgIpc) is 2.57. The summed E-state index contributed by atoms with van der Waals surface area (Å²) in [6.45, 7) is 3.29. The minimum absolute atomic E-state index is 0.0493. The summed E-state index contributed by atoms with van der Waals surface area (Å²) in [7, 11) is 1.84. The van der Waals surface area contributed by atoms with Crippen molar-refractivity contribution in [3.63, 3.8) is 0 Å². The van der Waals surface area contributed by atoms with Gasteiger partial charge in [-0.3, -0.25) is 10.1 Å². The molecule has 24 heavy (non-hydrogen) atoms. The molecule has 6 nitrogen and oxygen atoms in total. The lowest BCUT2D eigenvalue weighted by molar-refractivity contribution is -0.384. The van der Waals surface area contributed by atoms with Crippen LogP contribution in [0.5, 0.6) is 11.5 Å². The maximum absolute atomic E-state index is 10.7. The molecule has 0 bridgehead atoms. The molecule has 2 aromatic rings. The molecular weight excluding hydrogens is 332 g/mol. The smallest absolute Gasteiger partial charge is 0.269 e. The molecule has 0 saturated carbocycles. The molecule has 0 unspecified atom stereocenters. The van der Waals surface area contributed by atoms with Crippen LogP contribution in [0.25, 0.3) is 0 Å². The summed E-state index contributed by atoms with van der Waals surface area (Å²) in [6.07, 6.45) is 0. The van der Waals surface area contributed by atoms with E-state index in [-0.39, 0.29) is 12.3 Å². The summed E-state index contributed by atoms with van der Waals surface area (Å²) < 4.78 is 11.4. The number of ether oxygens (including phenoxy) is 2. The molecule has 0 spiro atoms. The third-order valence-corrected chi connectivity index (χ3v) is 3.67. The number of nitrogens with one attached hydrogen (secondary N) is 1. The molecule has 1 N–H and O–H groups in total. The Labute approximate surface area is 145 Å². The molecular formula is C17H19ClN2O4. The summed E-state index contributed by atoms with van der Waals surface area (Å²) in [4.78, 5) is 10.2. The van der Waals surface area contributed by atoms with E-state index in [9.17, 15) is 10.1 Å². The van der Waals surface area contributed by atoms with Crippen LogP contribution in [0, 0.1) is 10.1 Å². The van der Waals surface area contributed by atoms with Crippen molar-refractivity contribution in [2.75, 3.05) is 13.7 Å². The molecule has 0 atom stereocenters. The zero-order chi connectivity index (χ0) is 17.5. The Morgan fingerprint density at radius 1 is 1.17 bits per heavy atom. The lowest BCUT2D eigenvalue weighted by Crippen LogP contribution is -2.07. The molecule has 7 heteroatoms. The normalized spacial score (nSPS) is 10.5. The second kappa shape index (κ2) is 8.52. The number of nitro groups is 1. The highest BCUT2D eigenvalue weighted by Gasteiger charge is 2.12. The highest BCUT2D eigenvalue weighted by Crippen LogP contribution is 2.34. The molecule has 0 radical (unpaired) electrons. The van der Waals surface area contributed by atoms with Gasteiger partial charge >= 0.3 is 0 Å². The molecule has 0 aliphatic rings. The van der Waals surface area contributed by atoms with E-state index < -0.39 is 4.92 Å².